The number of carbonyl (C=O) groups excluding carboxylic acids is 9. The molecule has 30 nitrogen and oxygen atoms in total. The summed E-state index contributed by atoms with van der Waals surface area (Å²) in [6, 6.07) is 53.3. The highest BCUT2D eigenvalue weighted by atomic mass is 19.4. The molecule has 11 aromatic rings. The van der Waals surface area contributed by atoms with Gasteiger partial charge in [-0.2, -0.15) is 28.5 Å². The van der Waals surface area contributed by atoms with Crippen molar-refractivity contribution in [2.24, 2.45) is 0 Å². The molecule has 780 valence electrons. The van der Waals surface area contributed by atoms with Crippen LogP contribution >= 0.6 is 0 Å². The van der Waals surface area contributed by atoms with Crippen molar-refractivity contribution >= 4 is 70.6 Å². The molecule has 3 aromatic heterocycles. The Balaban J connectivity index is 0.000000185. The maximum atomic E-state index is 14.6. The van der Waals surface area contributed by atoms with Gasteiger partial charge in [0.15, 0.2) is 17.1 Å². The first-order valence-corrected chi connectivity index (χ1v) is 51.4. The Hall–Kier alpha value is -14.4. The van der Waals surface area contributed by atoms with E-state index >= 15 is 0 Å². The molecule has 3 aliphatic heterocycles. The summed E-state index contributed by atoms with van der Waals surface area (Å²) in [5.74, 6) is -2.66. The summed E-state index contributed by atoms with van der Waals surface area (Å²) in [7, 11) is 0. The van der Waals surface area contributed by atoms with Crippen molar-refractivity contribution in [3.63, 3.8) is 0 Å². The minimum Gasteiger partial charge on any atom is -0.394 e. The highest BCUT2D eigenvalue weighted by molar-refractivity contribution is 6.04. The summed E-state index contributed by atoms with van der Waals surface area (Å²) in [4.78, 5) is 133. The lowest BCUT2D eigenvalue weighted by Crippen LogP contribution is -2.46. The molecule has 5 atom stereocenters. The molecule has 34 heteroatoms. The van der Waals surface area contributed by atoms with Gasteiger partial charge in [-0.1, -0.05) is 189 Å². The molecule has 4 aliphatic rings. The van der Waals surface area contributed by atoms with Gasteiger partial charge in [-0.15, -0.1) is 0 Å². The summed E-state index contributed by atoms with van der Waals surface area (Å²) in [5, 5.41) is 61.9. The number of urea groups is 3. The average Bonchev–Trinajstić information content (AvgIpc) is 1.72. The molecule has 0 saturated heterocycles. The van der Waals surface area contributed by atoms with Gasteiger partial charge in [0.1, 0.15) is 5.82 Å². The van der Waals surface area contributed by atoms with Crippen LogP contribution in [0.5, 0.6) is 0 Å². The third-order valence-corrected chi connectivity index (χ3v) is 27.0. The van der Waals surface area contributed by atoms with Crippen LogP contribution in [-0.4, -0.2) is 217 Å². The molecule has 1 fully saturated rings. The molecule has 15 rings (SSSR count). The van der Waals surface area contributed by atoms with Crippen LogP contribution in [0.4, 0.5) is 49.0 Å². The summed E-state index contributed by atoms with van der Waals surface area (Å²) in [6.45, 7) is 25.6. The Labute approximate surface area is 857 Å². The third-order valence-electron chi connectivity index (χ3n) is 27.0. The van der Waals surface area contributed by atoms with Crippen LogP contribution in [0, 0.1) is 26.6 Å². The number of alkyl halides is 3. The van der Waals surface area contributed by atoms with Crippen LogP contribution < -0.4 is 31.9 Å². The van der Waals surface area contributed by atoms with Crippen LogP contribution in [-0.2, 0) is 51.6 Å². The van der Waals surface area contributed by atoms with E-state index in [2.05, 4.69) is 90.7 Å². The summed E-state index contributed by atoms with van der Waals surface area (Å²) in [5.41, 5.74) is 12.2. The Morgan fingerprint density at radius 2 is 0.735 bits per heavy atom. The van der Waals surface area contributed by atoms with Crippen molar-refractivity contribution in [2.45, 2.75) is 247 Å². The number of anilines is 3. The number of hydrogen-bond acceptors (Lipinski definition) is 15. The maximum absolute atomic E-state index is 14.6. The van der Waals surface area contributed by atoms with Crippen molar-refractivity contribution in [3.8, 4) is 17.1 Å². The van der Waals surface area contributed by atoms with Crippen molar-refractivity contribution in [1.29, 1.82) is 0 Å². The van der Waals surface area contributed by atoms with E-state index in [1.165, 1.54) is 16.3 Å². The van der Waals surface area contributed by atoms with Gasteiger partial charge in [0, 0.05) is 118 Å². The summed E-state index contributed by atoms with van der Waals surface area (Å²) in [6.07, 6.45) is 8.66. The van der Waals surface area contributed by atoms with Crippen molar-refractivity contribution < 1.29 is 76.0 Å². The van der Waals surface area contributed by atoms with Crippen LogP contribution in [0.3, 0.4) is 0 Å². The minimum atomic E-state index is -4.85. The van der Waals surface area contributed by atoms with Gasteiger partial charge in [0.2, 0.25) is 0 Å². The first kappa shape index (κ1) is 110. The second-order valence-corrected chi connectivity index (χ2v) is 38.5. The smallest absolute Gasteiger partial charge is 0.394 e. The Morgan fingerprint density at radius 1 is 0.408 bits per heavy atom. The molecule has 1 saturated carbocycles. The van der Waals surface area contributed by atoms with Gasteiger partial charge in [0.05, 0.1) is 77.3 Å². The monoisotopic (exact) mass is 2020 g/mol. The number of aromatic nitrogens is 6. The number of unbranched alkanes of at least 4 members (excludes halogenated alkanes) is 6. The van der Waals surface area contributed by atoms with Crippen molar-refractivity contribution in [1.82, 2.24) is 74.7 Å². The number of nitrogens with zero attached hydrogens (tertiary/aromatic N) is 12. The lowest BCUT2D eigenvalue weighted by molar-refractivity contribution is -0.140. The lowest BCUT2D eigenvalue weighted by atomic mass is 9.93. The topological polar surface area (TPSA) is 359 Å². The first-order chi connectivity index (χ1) is 70.8. The molecule has 9 N–H and O–H groups in total. The fourth-order valence-corrected chi connectivity index (χ4v) is 18.8. The first-order valence-electron chi connectivity index (χ1n) is 51.4. The zero-order chi connectivity index (χ0) is 105. The molecule has 0 radical (unpaired) electrons. The number of carbonyl (C=O) groups is 9. The van der Waals surface area contributed by atoms with Gasteiger partial charge < -0.3 is 76.6 Å². The molecular weight excluding hydrogens is 1880 g/mol. The Morgan fingerprint density at radius 3 is 1.05 bits per heavy atom. The Kier molecular flexibility index (Phi) is 38.6. The zero-order valence-electron chi connectivity index (χ0n) is 85.8. The molecule has 8 aromatic carbocycles. The van der Waals surface area contributed by atoms with Crippen molar-refractivity contribution in [3.05, 3.63) is 301 Å². The average molecular weight is 2020 g/mol. The van der Waals surface area contributed by atoms with Gasteiger partial charge >= 0.3 is 24.3 Å². The second kappa shape index (κ2) is 51.6. The number of rotatable bonds is 38. The molecular formula is C113H138F4N18O12. The van der Waals surface area contributed by atoms with Gasteiger partial charge in [-0.05, 0) is 228 Å². The van der Waals surface area contributed by atoms with Crippen LogP contribution in [0.15, 0.2) is 194 Å². The number of halogens is 4. The van der Waals surface area contributed by atoms with E-state index in [1.807, 2.05) is 128 Å². The normalized spacial score (nSPS) is 15.5. The summed E-state index contributed by atoms with van der Waals surface area (Å²) >= 11 is 0. The highest BCUT2D eigenvalue weighted by Gasteiger charge is 2.42. The SMILES string of the molecule is CCCCN(CCCC)C(=O)c1cc(C)n(-c2ccc(NC(=O)NC(C)C)cc2C(=O)N2Cc3ccccc3C[C@H]2CO)n1.CCCCN(CCCC)C(=O)c1cc(C)n(-c2ccc(NC(=O)NCc3ccc(C(F)(F)F)c(F)c3)cc2C(=O)N2Cc3ccccc3C[C@H]2CO)n1.CCCCN(CCCC)C(=O)c1cc(C)n(-c2ccc(NC(=O)N[C@@H]3C[C@H]3c3ccccc3)cc2C(=O)N2Cc3ccccc3C[C@H]2CO)n1. The van der Waals surface area contributed by atoms with Crippen molar-refractivity contribution in [2.75, 3.05) is 75.0 Å². The van der Waals surface area contributed by atoms with Crippen LogP contribution in [0.25, 0.3) is 17.1 Å². The van der Waals surface area contributed by atoms with E-state index in [-0.39, 0.29) is 115 Å². The van der Waals surface area contributed by atoms with Crippen LogP contribution in [0.2, 0.25) is 0 Å². The van der Waals surface area contributed by atoms with E-state index in [4.69, 9.17) is 10.2 Å². The lowest BCUT2D eigenvalue weighted by Gasteiger charge is -2.36. The number of hydrogen-bond donors (Lipinski definition) is 9. The molecule has 1 aliphatic carbocycles. The molecule has 0 unspecified atom stereocenters. The fourth-order valence-electron chi connectivity index (χ4n) is 18.8. The largest absolute Gasteiger partial charge is 0.419 e. The third kappa shape index (κ3) is 27.9. The van der Waals surface area contributed by atoms with E-state index < -0.39 is 47.6 Å². The zero-order valence-corrected chi connectivity index (χ0v) is 85.8. The van der Waals surface area contributed by atoms with Gasteiger partial charge in [0.25, 0.3) is 35.4 Å². The molecule has 147 heavy (non-hydrogen) atoms. The van der Waals surface area contributed by atoms with Gasteiger partial charge in [-0.3, -0.25) is 28.8 Å². The van der Waals surface area contributed by atoms with Gasteiger partial charge in [-0.25, -0.2) is 32.8 Å². The van der Waals surface area contributed by atoms with E-state index in [1.54, 1.807) is 103 Å². The molecule has 6 heterocycles. The van der Waals surface area contributed by atoms with Crippen LogP contribution in [0.1, 0.15) is 274 Å². The molecule has 12 amide bonds. The Bertz CT molecular complexity index is 6410. The standard InChI is InChI=1S/C40H48N6O4.C39H44F4N6O4.C34H46N6O4/c1-4-6-19-44(20-7-5-2)39(49)36-21-27(3)46(43-36)37-18-17-31(41-40(50)42-35-24-33(35)28-13-9-8-10-14-28)23-34(37)38(48)45-25-30-16-12-11-15-29(30)22-32(45)26-47;1-4-6-16-47(17-7-5-2)37(52)34-18-25(3)49(46-34)35-15-13-29(45-38(53)44-22-26-12-14-32(33(40)19-26)39(41,42)43)21-31(35)36(51)48-23-28-11-9-8-10-27(28)20-30(48)24-50;1-6-8-16-38(17-9-7-2)33(43)30-18-24(5)40(37-30)31-15-14-27(36-34(44)35-23(3)4)20-29(31)32(42)39-21-26-13-11-10-12-25(26)19-28(39)22-41/h8-18,21,23,32-33,35,47H,4-7,19-20,22,24-26H2,1-3H3,(H2,41,42,50);8-15,18-19,21,30,50H,4-7,16-17,20,22-24H2,1-3H3,(H2,44,45,53);10-15,18,20,23,28,41H,6-9,16-17,19,21-22H2,1-5H3,(H2,35,36,44)/t32-,33-,35+;30-;28-/m000/s1. The number of aliphatic hydroxyl groups is 3. The fraction of sp³-hybridized carbons (Fsp3) is 0.416. The number of benzene rings is 8. The number of aliphatic hydroxyl groups excluding tert-OH is 3. The predicted molar refractivity (Wildman–Crippen MR) is 559 cm³/mol. The number of aryl methyl sites for hydroxylation is 3. The summed E-state index contributed by atoms with van der Waals surface area (Å²) < 4.78 is 57.8. The van der Waals surface area contributed by atoms with E-state index in [9.17, 15) is 76.0 Å². The number of nitrogens with one attached hydrogen (secondary N) is 6. The molecule has 0 bridgehead atoms. The van der Waals surface area contributed by atoms with E-state index in [0.29, 0.717) is 152 Å². The van der Waals surface area contributed by atoms with E-state index in [0.717, 1.165) is 123 Å². The minimum absolute atomic E-state index is 0.0356. The molecule has 0 spiro atoms. The number of amides is 12. The predicted octanol–water partition coefficient (Wildman–Crippen LogP) is 19.0. The second-order valence-electron chi connectivity index (χ2n) is 38.5. The maximum Gasteiger partial charge on any atom is 0.419 e. The number of fused-ring (bicyclic) bond motifs is 3. The quantitative estimate of drug-likeness (QED) is 0.0162. The highest BCUT2D eigenvalue weighted by Crippen LogP contribution is 2.42.